The first kappa shape index (κ1) is 37.9. The first-order chi connectivity index (χ1) is 25.9. The molecule has 17 nitrogen and oxygen atoms in total. The molecule has 0 aliphatic carbocycles. The summed E-state index contributed by atoms with van der Waals surface area (Å²) in [6, 6.07) is 5.26. The summed E-state index contributed by atoms with van der Waals surface area (Å²) in [5.41, 5.74) is 3.20. The predicted molar refractivity (Wildman–Crippen MR) is 196 cm³/mol. The van der Waals surface area contributed by atoms with Crippen LogP contribution in [-0.2, 0) is 23.9 Å². The lowest BCUT2D eigenvalue weighted by Gasteiger charge is -2.30. The second-order valence-electron chi connectivity index (χ2n) is 14.3. The van der Waals surface area contributed by atoms with Gasteiger partial charge in [-0.15, -0.1) is 0 Å². The summed E-state index contributed by atoms with van der Waals surface area (Å²) in [7, 11) is 2.51. The Hall–Kier alpha value is -5.87. The van der Waals surface area contributed by atoms with E-state index in [0.717, 1.165) is 29.7 Å². The van der Waals surface area contributed by atoms with Crippen molar-refractivity contribution < 1.29 is 37.9 Å². The number of hydrogen-bond acceptors (Lipinski definition) is 10. The van der Waals surface area contributed by atoms with Gasteiger partial charge in [0.05, 0.1) is 44.0 Å². The number of methoxy groups -OCH3 is 2. The molecule has 2 aliphatic rings. The largest absolute Gasteiger partial charge is 0.453 e. The lowest BCUT2D eigenvalue weighted by molar-refractivity contribution is -0.139. The molecule has 5 amide bonds. The Morgan fingerprint density at radius 3 is 2.04 bits per heavy atom. The van der Waals surface area contributed by atoms with Gasteiger partial charge in [-0.2, -0.15) is 4.98 Å². The number of amides is 5. The van der Waals surface area contributed by atoms with E-state index in [0.29, 0.717) is 37.4 Å². The third kappa shape index (κ3) is 7.89. The van der Waals surface area contributed by atoms with E-state index in [9.17, 15) is 24.0 Å². The number of ether oxygens (including phenoxy) is 2. The summed E-state index contributed by atoms with van der Waals surface area (Å²) in [5, 5.41) is 8.03. The fourth-order valence-electron chi connectivity index (χ4n) is 7.04. The van der Waals surface area contributed by atoms with Gasteiger partial charge < -0.3 is 39.3 Å². The zero-order valence-electron chi connectivity index (χ0n) is 31.3. The maximum absolute atomic E-state index is 13.5. The van der Waals surface area contributed by atoms with Crippen LogP contribution in [0.25, 0.3) is 28.4 Å². The number of likely N-dealkylation sites (tertiary alicyclic amines) is 2. The van der Waals surface area contributed by atoms with Crippen LogP contribution in [0.15, 0.2) is 47.3 Å². The van der Waals surface area contributed by atoms with Gasteiger partial charge in [-0.1, -0.05) is 52.0 Å². The molecule has 1 aromatic carbocycles. The van der Waals surface area contributed by atoms with Crippen molar-refractivity contribution in [3.8, 4) is 22.5 Å². The molecule has 2 aliphatic heterocycles. The molecule has 4 aromatic rings. The maximum Gasteiger partial charge on any atom is 0.407 e. The van der Waals surface area contributed by atoms with Gasteiger partial charge in [0.1, 0.15) is 23.9 Å². The topological polar surface area (TPSA) is 205 Å². The highest BCUT2D eigenvalue weighted by Gasteiger charge is 2.40. The van der Waals surface area contributed by atoms with Crippen molar-refractivity contribution in [3.05, 3.63) is 48.7 Å². The average molecular weight is 746 g/mol. The van der Waals surface area contributed by atoms with Crippen molar-refractivity contribution >= 4 is 41.6 Å². The van der Waals surface area contributed by atoms with Crippen LogP contribution in [-0.4, -0.2) is 104 Å². The van der Waals surface area contributed by atoms with Crippen LogP contribution in [0, 0.1) is 11.8 Å². The van der Waals surface area contributed by atoms with Crippen molar-refractivity contribution in [1.29, 1.82) is 0 Å². The number of fused-ring (bicyclic) bond motifs is 1. The molecule has 288 valence electrons. The number of aromatic nitrogens is 4. The third-order valence-corrected chi connectivity index (χ3v) is 9.96. The molecular weight excluding hydrogens is 698 g/mol. The fourth-order valence-corrected chi connectivity index (χ4v) is 7.04. The average Bonchev–Trinajstić information content (AvgIpc) is 4.00. The second kappa shape index (κ2) is 16.0. The SMILES string of the molecule is COC(=O)NC(C(=O)N1CCCC1C(=O)Nc1cn2cc(-c3ccc(-c4cnc(C5CCCN5C(=O)C(NC(=O)OC)C(C)C)[nH]4)cc3)nc2o1)C(C)C. The number of anilines is 1. The molecule has 3 aromatic heterocycles. The van der Waals surface area contributed by atoms with Crippen molar-refractivity contribution in [2.45, 2.75) is 77.5 Å². The minimum atomic E-state index is -0.829. The summed E-state index contributed by atoms with van der Waals surface area (Å²) in [6.45, 7) is 8.35. The molecule has 54 heavy (non-hydrogen) atoms. The molecule has 4 unspecified atom stereocenters. The molecule has 17 heteroatoms. The van der Waals surface area contributed by atoms with Crippen LogP contribution in [0.5, 0.6) is 0 Å². The smallest absolute Gasteiger partial charge is 0.407 e. The van der Waals surface area contributed by atoms with Gasteiger partial charge in [0.25, 0.3) is 0 Å². The molecule has 2 saturated heterocycles. The molecule has 0 bridgehead atoms. The highest BCUT2D eigenvalue weighted by molar-refractivity contribution is 5.98. The zero-order chi connectivity index (χ0) is 38.7. The Labute approximate surface area is 312 Å². The predicted octanol–water partition coefficient (Wildman–Crippen LogP) is 4.34. The molecule has 4 atom stereocenters. The monoisotopic (exact) mass is 745 g/mol. The van der Waals surface area contributed by atoms with E-state index in [2.05, 4.69) is 35.6 Å². The molecule has 6 rings (SSSR count). The van der Waals surface area contributed by atoms with Crippen LogP contribution in [0.4, 0.5) is 15.5 Å². The number of imidazole rings is 2. The summed E-state index contributed by atoms with van der Waals surface area (Å²) >= 11 is 0. The number of oxazole rings is 1. The standard InChI is InChI=1S/C37H47N9O8/c1-20(2)29(42-36(50)52-5)33(48)45-15-7-9-26(45)31-38-17-24(39-31)22-11-13-23(14-12-22)25-18-44-19-28(54-35(44)40-25)41-32(47)27-10-8-16-46(27)34(49)30(21(3)4)43-37(51)53-6/h11-14,17-21,26-27,29-30H,7-10,15-16H2,1-6H3,(H,38,39)(H,41,47)(H,42,50)(H,43,51). The first-order valence-corrected chi connectivity index (χ1v) is 18.1. The normalized spacial score (nSPS) is 18.2. The number of alkyl carbamates (subject to hydrolysis) is 2. The number of rotatable bonds is 11. The van der Waals surface area contributed by atoms with E-state index in [-0.39, 0.29) is 41.4 Å². The van der Waals surface area contributed by atoms with Crippen molar-refractivity contribution in [1.82, 2.24) is 39.8 Å². The zero-order valence-corrected chi connectivity index (χ0v) is 31.3. The van der Waals surface area contributed by atoms with Crippen LogP contribution in [0.3, 0.4) is 0 Å². The van der Waals surface area contributed by atoms with Crippen LogP contribution >= 0.6 is 0 Å². The van der Waals surface area contributed by atoms with E-state index < -0.39 is 36.2 Å². The second-order valence-corrected chi connectivity index (χ2v) is 14.3. The van der Waals surface area contributed by atoms with E-state index in [4.69, 9.17) is 9.15 Å². The van der Waals surface area contributed by atoms with Gasteiger partial charge in [-0.05, 0) is 43.1 Å². The van der Waals surface area contributed by atoms with Crippen LogP contribution in [0.1, 0.15) is 65.2 Å². The number of aromatic amines is 1. The number of carbonyl (C=O) groups excluding carboxylic acids is 5. The van der Waals surface area contributed by atoms with Crippen molar-refractivity contribution in [3.63, 3.8) is 0 Å². The number of carbonyl (C=O) groups is 5. The molecule has 2 fully saturated rings. The van der Waals surface area contributed by atoms with Crippen molar-refractivity contribution in [2.75, 3.05) is 32.6 Å². The fraction of sp³-hybridized carbons (Fsp3) is 0.486. The lowest BCUT2D eigenvalue weighted by Crippen LogP contribution is -2.54. The Morgan fingerprint density at radius 2 is 1.43 bits per heavy atom. The molecule has 0 spiro atoms. The van der Waals surface area contributed by atoms with Crippen LogP contribution < -0.4 is 16.0 Å². The van der Waals surface area contributed by atoms with Gasteiger partial charge in [-0.3, -0.25) is 24.1 Å². The Morgan fingerprint density at radius 1 is 0.833 bits per heavy atom. The highest BCUT2D eigenvalue weighted by Crippen LogP contribution is 2.33. The van der Waals surface area contributed by atoms with Gasteiger partial charge in [-0.25, -0.2) is 14.6 Å². The number of benzene rings is 1. The minimum absolute atomic E-state index is 0.125. The third-order valence-electron chi connectivity index (χ3n) is 9.96. The Kier molecular flexibility index (Phi) is 11.2. The number of nitrogens with one attached hydrogen (secondary N) is 4. The van der Waals surface area contributed by atoms with Gasteiger partial charge in [0, 0.05) is 24.8 Å². The Balaban J connectivity index is 1.09. The van der Waals surface area contributed by atoms with E-state index in [1.165, 1.54) is 19.1 Å². The molecule has 5 heterocycles. The molecule has 0 radical (unpaired) electrons. The molecule has 0 saturated carbocycles. The summed E-state index contributed by atoms with van der Waals surface area (Å²) in [6.07, 6.45) is 6.51. The summed E-state index contributed by atoms with van der Waals surface area (Å²) in [4.78, 5) is 79.8. The number of nitrogens with zero attached hydrogens (tertiary/aromatic N) is 5. The van der Waals surface area contributed by atoms with E-state index >= 15 is 0 Å². The summed E-state index contributed by atoms with van der Waals surface area (Å²) < 4.78 is 16.9. The maximum atomic E-state index is 13.5. The lowest BCUT2D eigenvalue weighted by atomic mass is 10.0. The van der Waals surface area contributed by atoms with E-state index in [1.807, 2.05) is 52.0 Å². The number of H-pyrrole nitrogens is 1. The van der Waals surface area contributed by atoms with Gasteiger partial charge in [0.2, 0.25) is 23.6 Å². The molecule has 4 N–H and O–H groups in total. The van der Waals surface area contributed by atoms with Gasteiger partial charge >= 0.3 is 18.0 Å². The minimum Gasteiger partial charge on any atom is -0.453 e. The Bertz CT molecular complexity index is 1970. The van der Waals surface area contributed by atoms with Crippen LogP contribution in [0.2, 0.25) is 0 Å². The number of hydrogen-bond donors (Lipinski definition) is 4. The first-order valence-electron chi connectivity index (χ1n) is 18.1. The summed E-state index contributed by atoms with van der Waals surface area (Å²) in [5.74, 6) is -0.0881. The quantitative estimate of drug-likeness (QED) is 0.171. The highest BCUT2D eigenvalue weighted by atomic mass is 16.5. The van der Waals surface area contributed by atoms with Crippen molar-refractivity contribution in [2.24, 2.45) is 11.8 Å². The van der Waals surface area contributed by atoms with Gasteiger partial charge in [0.15, 0.2) is 0 Å². The molecular formula is C37H47N9O8. The van der Waals surface area contributed by atoms with E-state index in [1.54, 1.807) is 27.9 Å².